The molecule has 0 radical (unpaired) electrons. The predicted molar refractivity (Wildman–Crippen MR) is 117 cm³/mol. The van der Waals surface area contributed by atoms with E-state index in [9.17, 15) is 8.42 Å². The Balaban J connectivity index is 1.48. The third-order valence-electron chi connectivity index (χ3n) is 4.46. The Morgan fingerprint density at radius 2 is 1.46 bits per heavy atom. The molecule has 146 valence electrons. The van der Waals surface area contributed by atoms with Crippen LogP contribution in [0.25, 0.3) is 0 Å². The first kappa shape index (κ1) is 20.0. The van der Waals surface area contributed by atoms with Crippen molar-refractivity contribution in [2.75, 3.05) is 15.8 Å². The molecule has 0 aromatic heterocycles. The number of aryl methyl sites for hydroxylation is 2. The summed E-state index contributed by atoms with van der Waals surface area (Å²) < 4.78 is 27.2. The highest BCUT2D eigenvalue weighted by Crippen LogP contribution is 2.17. The van der Waals surface area contributed by atoms with Crippen molar-refractivity contribution in [2.24, 2.45) is 0 Å². The maximum atomic E-state index is 12.3. The molecule has 4 nitrogen and oxygen atoms in total. The maximum absolute atomic E-state index is 12.3. The van der Waals surface area contributed by atoms with Gasteiger partial charge in [-0.1, -0.05) is 60.2 Å². The van der Waals surface area contributed by atoms with Crippen LogP contribution < -0.4 is 10.0 Å². The molecule has 0 spiro atoms. The summed E-state index contributed by atoms with van der Waals surface area (Å²) in [6.45, 7) is 2.80. The zero-order valence-corrected chi connectivity index (χ0v) is 16.9. The number of anilines is 2. The van der Waals surface area contributed by atoms with E-state index in [4.69, 9.17) is 0 Å². The highest BCUT2D eigenvalue weighted by molar-refractivity contribution is 7.92. The van der Waals surface area contributed by atoms with Gasteiger partial charge in [0.1, 0.15) is 0 Å². The van der Waals surface area contributed by atoms with Crippen LogP contribution in [0.5, 0.6) is 0 Å². The van der Waals surface area contributed by atoms with Crippen molar-refractivity contribution in [1.29, 1.82) is 0 Å². The summed E-state index contributed by atoms with van der Waals surface area (Å²) in [4.78, 5) is 0. The van der Waals surface area contributed by atoms with Crippen molar-refractivity contribution >= 4 is 21.4 Å². The quantitative estimate of drug-likeness (QED) is 0.538. The van der Waals surface area contributed by atoms with Crippen LogP contribution in [0.1, 0.15) is 23.1 Å². The lowest BCUT2D eigenvalue weighted by molar-refractivity contribution is 0.598. The minimum absolute atomic E-state index is 0.106. The van der Waals surface area contributed by atoms with E-state index in [1.807, 2.05) is 48.5 Å². The average Bonchev–Trinajstić information content (AvgIpc) is 2.68. The molecule has 3 aromatic carbocycles. The molecule has 0 aliphatic rings. The zero-order chi connectivity index (χ0) is 19.8. The van der Waals surface area contributed by atoms with Gasteiger partial charge in [-0.25, -0.2) is 8.42 Å². The maximum Gasteiger partial charge on any atom is 0.232 e. The minimum atomic E-state index is -3.35. The largest absolute Gasteiger partial charge is 0.381 e. The molecule has 0 bridgehead atoms. The van der Waals surface area contributed by atoms with Gasteiger partial charge in [0.25, 0.3) is 0 Å². The number of nitrogens with one attached hydrogen (secondary N) is 2. The first-order chi connectivity index (χ1) is 13.5. The molecule has 2 N–H and O–H groups in total. The normalized spacial score (nSPS) is 11.2. The van der Waals surface area contributed by atoms with Gasteiger partial charge in [-0.3, -0.25) is 4.72 Å². The number of rotatable bonds is 9. The Hall–Kier alpha value is -2.79. The Morgan fingerprint density at radius 1 is 0.786 bits per heavy atom. The van der Waals surface area contributed by atoms with Crippen molar-refractivity contribution in [1.82, 2.24) is 0 Å². The second-order valence-electron chi connectivity index (χ2n) is 6.93. The van der Waals surface area contributed by atoms with Gasteiger partial charge < -0.3 is 5.32 Å². The first-order valence-electron chi connectivity index (χ1n) is 9.44. The van der Waals surface area contributed by atoms with Crippen LogP contribution >= 0.6 is 0 Å². The Labute approximate surface area is 167 Å². The van der Waals surface area contributed by atoms with E-state index in [2.05, 4.69) is 35.2 Å². The summed E-state index contributed by atoms with van der Waals surface area (Å²) in [5, 5.41) is 3.35. The molecule has 3 rings (SSSR count). The van der Waals surface area contributed by atoms with Crippen molar-refractivity contribution in [2.45, 2.75) is 26.3 Å². The summed E-state index contributed by atoms with van der Waals surface area (Å²) in [5.74, 6) is 0.106. The van der Waals surface area contributed by atoms with Crippen LogP contribution in [0.15, 0.2) is 78.9 Å². The second-order valence-corrected chi connectivity index (χ2v) is 8.77. The van der Waals surface area contributed by atoms with E-state index < -0.39 is 10.0 Å². The summed E-state index contributed by atoms with van der Waals surface area (Å²) in [7, 11) is -3.35. The molecule has 0 aliphatic heterocycles. The van der Waals surface area contributed by atoms with E-state index in [1.165, 1.54) is 11.1 Å². The molecule has 0 fully saturated rings. The Kier molecular flexibility index (Phi) is 6.71. The van der Waals surface area contributed by atoms with E-state index in [0.717, 1.165) is 24.2 Å². The van der Waals surface area contributed by atoms with Crippen LogP contribution in [-0.4, -0.2) is 14.2 Å². The SMILES string of the molecule is Cc1cccc(CNc2ccc(NS(=O)(=O)CCCc3ccccc3)cc2)c1. The summed E-state index contributed by atoms with van der Waals surface area (Å²) in [6.07, 6.45) is 1.35. The molecule has 0 amide bonds. The number of sulfonamides is 1. The molecule has 0 saturated heterocycles. The molecule has 0 heterocycles. The number of hydrogen-bond acceptors (Lipinski definition) is 3. The Bertz CT molecular complexity index is 985. The van der Waals surface area contributed by atoms with Crippen molar-refractivity contribution < 1.29 is 8.42 Å². The van der Waals surface area contributed by atoms with Crippen LogP contribution in [0.3, 0.4) is 0 Å². The third kappa shape index (κ3) is 6.43. The average molecular weight is 395 g/mol. The highest BCUT2D eigenvalue weighted by atomic mass is 32.2. The fraction of sp³-hybridized carbons (Fsp3) is 0.217. The van der Waals surface area contributed by atoms with Crippen LogP contribution in [0.2, 0.25) is 0 Å². The molecular formula is C23H26N2O2S. The summed E-state index contributed by atoms with van der Waals surface area (Å²) >= 11 is 0. The number of hydrogen-bond donors (Lipinski definition) is 2. The van der Waals surface area contributed by atoms with Gasteiger partial charge in [-0.05, 0) is 55.2 Å². The summed E-state index contributed by atoms with van der Waals surface area (Å²) in [6, 6.07) is 25.6. The van der Waals surface area contributed by atoms with Crippen LogP contribution in [0.4, 0.5) is 11.4 Å². The van der Waals surface area contributed by atoms with Gasteiger partial charge >= 0.3 is 0 Å². The van der Waals surface area contributed by atoms with Gasteiger partial charge in [-0.15, -0.1) is 0 Å². The van der Waals surface area contributed by atoms with Gasteiger partial charge in [0.2, 0.25) is 10.0 Å². The molecule has 0 atom stereocenters. The topological polar surface area (TPSA) is 58.2 Å². The molecule has 3 aromatic rings. The van der Waals surface area contributed by atoms with Gasteiger partial charge in [0.05, 0.1) is 5.75 Å². The monoisotopic (exact) mass is 394 g/mol. The van der Waals surface area contributed by atoms with E-state index >= 15 is 0 Å². The predicted octanol–water partition coefficient (Wildman–Crippen LogP) is 4.98. The van der Waals surface area contributed by atoms with E-state index in [0.29, 0.717) is 12.1 Å². The summed E-state index contributed by atoms with van der Waals surface area (Å²) in [5.41, 5.74) is 5.13. The lowest BCUT2D eigenvalue weighted by Gasteiger charge is -2.10. The van der Waals surface area contributed by atoms with Crippen LogP contribution in [-0.2, 0) is 23.0 Å². The zero-order valence-electron chi connectivity index (χ0n) is 16.1. The van der Waals surface area contributed by atoms with Gasteiger partial charge in [0, 0.05) is 17.9 Å². The minimum Gasteiger partial charge on any atom is -0.381 e. The first-order valence-corrected chi connectivity index (χ1v) is 11.1. The lowest BCUT2D eigenvalue weighted by atomic mass is 10.1. The number of benzene rings is 3. The highest BCUT2D eigenvalue weighted by Gasteiger charge is 2.10. The van der Waals surface area contributed by atoms with Crippen molar-refractivity contribution in [3.05, 3.63) is 95.6 Å². The second kappa shape index (κ2) is 9.42. The Morgan fingerprint density at radius 3 is 2.18 bits per heavy atom. The fourth-order valence-electron chi connectivity index (χ4n) is 3.02. The lowest BCUT2D eigenvalue weighted by Crippen LogP contribution is -2.17. The van der Waals surface area contributed by atoms with E-state index in [-0.39, 0.29) is 5.75 Å². The molecule has 0 aliphatic carbocycles. The third-order valence-corrected chi connectivity index (χ3v) is 5.83. The molecular weight excluding hydrogens is 368 g/mol. The van der Waals surface area contributed by atoms with Gasteiger partial charge in [-0.2, -0.15) is 0 Å². The van der Waals surface area contributed by atoms with Crippen molar-refractivity contribution in [3.8, 4) is 0 Å². The van der Waals surface area contributed by atoms with E-state index in [1.54, 1.807) is 12.1 Å². The molecule has 5 heteroatoms. The fourth-order valence-corrected chi connectivity index (χ4v) is 4.15. The molecule has 0 unspecified atom stereocenters. The van der Waals surface area contributed by atoms with Crippen LogP contribution in [0, 0.1) is 6.92 Å². The van der Waals surface area contributed by atoms with Crippen molar-refractivity contribution in [3.63, 3.8) is 0 Å². The molecule has 0 saturated carbocycles. The standard InChI is InChI=1S/C23H26N2O2S/c1-19-7-5-10-21(17-19)18-24-22-12-14-23(15-13-22)25-28(26,27)16-6-11-20-8-3-2-4-9-20/h2-5,7-10,12-15,17,24-25H,6,11,16,18H2,1H3. The van der Waals surface area contributed by atoms with Gasteiger partial charge in [0.15, 0.2) is 0 Å². The molecule has 28 heavy (non-hydrogen) atoms. The smallest absolute Gasteiger partial charge is 0.232 e.